The van der Waals surface area contributed by atoms with Crippen molar-refractivity contribution in [3.05, 3.63) is 12.4 Å². The molecule has 1 heterocycles. The van der Waals surface area contributed by atoms with Crippen LogP contribution in [0.15, 0.2) is 12.4 Å². The maximum Gasteiger partial charge on any atom is 0.522 e. The molecule has 26 heavy (non-hydrogen) atoms. The summed E-state index contributed by atoms with van der Waals surface area (Å²) in [5, 5.41) is 0. The molecule has 0 aromatic rings. The summed E-state index contributed by atoms with van der Waals surface area (Å²) in [5.41, 5.74) is -5.53. The topological polar surface area (TPSA) is 60.9 Å². The van der Waals surface area contributed by atoms with Crippen LogP contribution in [0.25, 0.3) is 0 Å². The zero-order chi connectivity index (χ0) is 20.1. The fraction of sp³-hybridized carbons (Fsp3) is 0.882. The molecule has 0 aromatic carbocycles. The lowest BCUT2D eigenvalue weighted by atomic mass is 10.1. The number of nitrogens with zero attached hydrogens (tertiary/aromatic N) is 2. The van der Waals surface area contributed by atoms with E-state index >= 15 is 0 Å². The molecule has 0 spiro atoms. The van der Waals surface area contributed by atoms with Gasteiger partial charge in [0.05, 0.1) is 6.67 Å². The summed E-state index contributed by atoms with van der Waals surface area (Å²) in [5.74, 6) is 0. The van der Waals surface area contributed by atoms with E-state index in [-0.39, 0.29) is 0 Å². The molecule has 0 amide bonds. The fourth-order valence-corrected chi connectivity index (χ4v) is 2.54. The minimum atomic E-state index is -5.84. The van der Waals surface area contributed by atoms with Gasteiger partial charge in [0.15, 0.2) is 0 Å². The SMILES string of the molecule is CCCCCCCCCCCCN1C=CN(C)C1.O=S(=O)(O)C(F)(F)F. The number of unbranched alkanes of at least 4 members (excludes halogenated alkanes) is 9. The van der Waals surface area contributed by atoms with Gasteiger partial charge in [-0.25, -0.2) is 0 Å². The molecular weight excluding hydrogens is 369 g/mol. The van der Waals surface area contributed by atoms with E-state index in [1.165, 1.54) is 70.8 Å². The molecule has 0 radical (unpaired) electrons. The van der Waals surface area contributed by atoms with E-state index in [4.69, 9.17) is 13.0 Å². The summed E-state index contributed by atoms with van der Waals surface area (Å²) in [6.07, 6.45) is 18.6. The van der Waals surface area contributed by atoms with Crippen molar-refractivity contribution in [1.82, 2.24) is 9.80 Å². The Balaban J connectivity index is 0.000000660. The second-order valence-electron chi connectivity index (χ2n) is 6.61. The van der Waals surface area contributed by atoms with Gasteiger partial charge in [0, 0.05) is 26.0 Å². The van der Waals surface area contributed by atoms with Crippen LogP contribution in [0, 0.1) is 0 Å². The lowest BCUT2D eigenvalue weighted by Gasteiger charge is -2.17. The van der Waals surface area contributed by atoms with Crippen LogP contribution in [0.5, 0.6) is 0 Å². The summed E-state index contributed by atoms with van der Waals surface area (Å²) in [6.45, 7) is 4.60. The third-order valence-corrected chi connectivity index (χ3v) is 4.61. The van der Waals surface area contributed by atoms with E-state index in [9.17, 15) is 13.2 Å². The Labute approximate surface area is 156 Å². The van der Waals surface area contributed by atoms with Gasteiger partial charge in [0.25, 0.3) is 0 Å². The molecule has 0 bridgehead atoms. The number of hydrogen-bond donors (Lipinski definition) is 1. The van der Waals surface area contributed by atoms with Crippen molar-refractivity contribution in [2.45, 2.75) is 76.6 Å². The minimum Gasteiger partial charge on any atom is -0.362 e. The Morgan fingerprint density at radius 3 is 1.69 bits per heavy atom. The first-order valence-corrected chi connectivity index (χ1v) is 10.7. The molecule has 0 fully saturated rings. The molecule has 1 rings (SSSR count). The number of rotatable bonds is 11. The van der Waals surface area contributed by atoms with Crippen molar-refractivity contribution < 1.29 is 26.1 Å². The first-order valence-electron chi connectivity index (χ1n) is 9.24. The fourth-order valence-electron chi connectivity index (χ4n) is 2.54. The summed E-state index contributed by atoms with van der Waals surface area (Å²) in [6, 6.07) is 0. The standard InChI is InChI=1S/C16H32N2.CHF3O3S/c1-3-4-5-6-7-8-9-10-11-12-13-18-15-14-17(2)16-18;2-1(3,4)8(5,6)7/h14-15H,3-13,16H2,1-2H3;(H,5,6,7). The molecule has 1 aliphatic rings. The van der Waals surface area contributed by atoms with E-state index in [2.05, 4.69) is 36.2 Å². The van der Waals surface area contributed by atoms with Gasteiger partial charge in [-0.2, -0.15) is 21.6 Å². The van der Waals surface area contributed by atoms with Crippen LogP contribution in [0.3, 0.4) is 0 Å². The molecule has 1 N–H and O–H groups in total. The summed E-state index contributed by atoms with van der Waals surface area (Å²) in [4.78, 5) is 4.64. The molecule has 0 saturated heterocycles. The lowest BCUT2D eigenvalue weighted by molar-refractivity contribution is -0.0510. The van der Waals surface area contributed by atoms with Crippen LogP contribution < -0.4 is 0 Å². The van der Waals surface area contributed by atoms with E-state index in [0.717, 1.165) is 6.67 Å². The van der Waals surface area contributed by atoms with Gasteiger partial charge in [-0.15, -0.1) is 0 Å². The maximum atomic E-state index is 10.7. The van der Waals surface area contributed by atoms with Gasteiger partial charge in [-0.1, -0.05) is 64.7 Å². The number of alkyl halides is 3. The molecule has 0 unspecified atom stereocenters. The number of hydrogen-bond acceptors (Lipinski definition) is 4. The zero-order valence-electron chi connectivity index (χ0n) is 15.8. The van der Waals surface area contributed by atoms with Crippen LogP contribution in [-0.4, -0.2) is 48.5 Å². The quantitative estimate of drug-likeness (QED) is 0.300. The van der Waals surface area contributed by atoms with Crippen molar-refractivity contribution in [2.75, 3.05) is 20.3 Å². The highest BCUT2D eigenvalue weighted by Gasteiger charge is 2.44. The molecular formula is C17H33F3N2O3S. The summed E-state index contributed by atoms with van der Waals surface area (Å²) >= 11 is 0. The molecule has 9 heteroatoms. The number of halogens is 3. The molecule has 0 aromatic heterocycles. The molecule has 5 nitrogen and oxygen atoms in total. The Morgan fingerprint density at radius 2 is 1.35 bits per heavy atom. The van der Waals surface area contributed by atoms with Gasteiger partial charge >= 0.3 is 15.6 Å². The third-order valence-electron chi connectivity index (χ3n) is 4.03. The second kappa shape index (κ2) is 13.2. The maximum absolute atomic E-state index is 10.7. The van der Waals surface area contributed by atoms with Gasteiger partial charge in [-0.3, -0.25) is 4.55 Å². The first-order chi connectivity index (χ1) is 12.1. The van der Waals surface area contributed by atoms with E-state index in [0.29, 0.717) is 0 Å². The van der Waals surface area contributed by atoms with Crippen molar-refractivity contribution in [1.29, 1.82) is 0 Å². The average Bonchev–Trinajstić information content (AvgIpc) is 2.93. The van der Waals surface area contributed by atoms with Gasteiger partial charge in [0.1, 0.15) is 0 Å². The van der Waals surface area contributed by atoms with Crippen LogP contribution in [-0.2, 0) is 10.1 Å². The van der Waals surface area contributed by atoms with Crippen LogP contribution in [0.2, 0.25) is 0 Å². The smallest absolute Gasteiger partial charge is 0.362 e. The Hall–Kier alpha value is -0.960. The normalized spacial score (nSPS) is 14.5. The highest BCUT2D eigenvalue weighted by atomic mass is 32.2. The molecule has 0 aliphatic carbocycles. The zero-order valence-corrected chi connectivity index (χ0v) is 16.7. The van der Waals surface area contributed by atoms with E-state index in [1.807, 2.05) is 0 Å². The second-order valence-corrected chi connectivity index (χ2v) is 8.02. The summed E-state index contributed by atoms with van der Waals surface area (Å²) in [7, 11) is -3.71. The van der Waals surface area contributed by atoms with Gasteiger partial charge in [-0.05, 0) is 6.42 Å². The van der Waals surface area contributed by atoms with Crippen molar-refractivity contribution in [3.63, 3.8) is 0 Å². The van der Waals surface area contributed by atoms with Crippen molar-refractivity contribution >= 4 is 10.1 Å². The van der Waals surface area contributed by atoms with Gasteiger partial charge in [0.2, 0.25) is 0 Å². The Kier molecular flexibility index (Phi) is 12.8. The van der Waals surface area contributed by atoms with Crippen LogP contribution >= 0.6 is 0 Å². The van der Waals surface area contributed by atoms with Crippen molar-refractivity contribution in [2.24, 2.45) is 0 Å². The van der Waals surface area contributed by atoms with Crippen LogP contribution in [0.4, 0.5) is 13.2 Å². The molecule has 0 saturated carbocycles. The van der Waals surface area contributed by atoms with Crippen molar-refractivity contribution in [3.8, 4) is 0 Å². The monoisotopic (exact) mass is 402 g/mol. The largest absolute Gasteiger partial charge is 0.522 e. The average molecular weight is 403 g/mol. The predicted octanol–water partition coefficient (Wildman–Crippen LogP) is 4.98. The minimum absolute atomic E-state index is 1.08. The van der Waals surface area contributed by atoms with E-state index < -0.39 is 15.6 Å². The van der Waals surface area contributed by atoms with Gasteiger partial charge < -0.3 is 9.80 Å². The highest BCUT2D eigenvalue weighted by Crippen LogP contribution is 2.20. The molecule has 0 atom stereocenters. The summed E-state index contributed by atoms with van der Waals surface area (Å²) < 4.78 is 57.5. The molecule has 1 aliphatic heterocycles. The lowest BCUT2D eigenvalue weighted by Crippen LogP contribution is -2.23. The van der Waals surface area contributed by atoms with Crippen LogP contribution in [0.1, 0.15) is 71.1 Å². The first kappa shape index (κ1) is 25.0. The molecule has 156 valence electrons. The predicted molar refractivity (Wildman–Crippen MR) is 97.9 cm³/mol. The van der Waals surface area contributed by atoms with E-state index in [1.54, 1.807) is 0 Å². The highest BCUT2D eigenvalue weighted by molar-refractivity contribution is 7.86. The Bertz CT molecular complexity index is 482. The third kappa shape index (κ3) is 13.3. The Morgan fingerprint density at radius 1 is 0.923 bits per heavy atom.